The lowest BCUT2D eigenvalue weighted by atomic mass is 10.4. The predicted octanol–water partition coefficient (Wildman–Crippen LogP) is 1.32. The maximum atomic E-state index is 11.4. The number of methoxy groups -OCH3 is 1. The first-order valence-electron chi connectivity index (χ1n) is 4.32. The molecule has 0 spiro atoms. The number of rotatable bonds is 4. The van der Waals surface area contributed by atoms with Gasteiger partial charge in [0.15, 0.2) is 10.8 Å². The van der Waals surface area contributed by atoms with Crippen molar-refractivity contribution in [3.63, 3.8) is 0 Å². The molecule has 0 saturated carbocycles. The largest absolute Gasteiger partial charge is 0.455 e. The third-order valence-electron chi connectivity index (χ3n) is 1.55. The van der Waals surface area contributed by atoms with Crippen LogP contribution < -0.4 is 0 Å². The molecule has 1 heterocycles. The molecule has 0 fully saturated rings. The van der Waals surface area contributed by atoms with Crippen molar-refractivity contribution in [1.29, 1.82) is 0 Å². The first-order chi connectivity index (χ1) is 7.13. The van der Waals surface area contributed by atoms with Gasteiger partial charge in [-0.2, -0.15) is 0 Å². The molecule has 0 amide bonds. The summed E-state index contributed by atoms with van der Waals surface area (Å²) in [6.07, 6.45) is -0.319. The van der Waals surface area contributed by atoms with Gasteiger partial charge in [-0.25, -0.2) is 4.79 Å². The van der Waals surface area contributed by atoms with E-state index in [1.807, 2.05) is 0 Å². The summed E-state index contributed by atoms with van der Waals surface area (Å²) in [5.74, 6) is -0.538. The molecule has 0 saturated heterocycles. The van der Waals surface area contributed by atoms with Gasteiger partial charge >= 0.3 is 5.97 Å². The van der Waals surface area contributed by atoms with Crippen LogP contribution in [-0.2, 0) is 9.47 Å². The summed E-state index contributed by atoms with van der Waals surface area (Å²) in [6, 6.07) is 2.93. The smallest absolute Gasteiger partial charge is 0.359 e. The average Bonchev–Trinajstić information content (AvgIpc) is 2.18. The highest BCUT2D eigenvalue weighted by molar-refractivity contribution is 6.29. The van der Waals surface area contributed by atoms with Gasteiger partial charge in [0.1, 0.15) is 6.10 Å². The Bertz CT molecular complexity index is 329. The summed E-state index contributed by atoms with van der Waals surface area (Å²) < 4.78 is 9.83. The van der Waals surface area contributed by atoms with Gasteiger partial charge in [0.05, 0.1) is 6.61 Å². The number of hydrogen-bond donors (Lipinski definition) is 0. The standard InChI is InChI=1S/C9H11ClN2O3/c1-6(5-14-2)15-9(13)7-3-4-8(10)12-11-7/h3-4,6H,5H2,1-2H3. The van der Waals surface area contributed by atoms with E-state index in [0.29, 0.717) is 6.61 Å². The van der Waals surface area contributed by atoms with Crippen LogP contribution in [0.4, 0.5) is 0 Å². The van der Waals surface area contributed by atoms with Gasteiger partial charge in [-0.1, -0.05) is 11.6 Å². The zero-order valence-electron chi connectivity index (χ0n) is 8.44. The number of nitrogens with zero attached hydrogens (tertiary/aromatic N) is 2. The lowest BCUT2D eigenvalue weighted by Gasteiger charge is -2.10. The Morgan fingerprint density at radius 3 is 2.80 bits per heavy atom. The minimum Gasteiger partial charge on any atom is -0.455 e. The minimum absolute atomic E-state index is 0.127. The monoisotopic (exact) mass is 230 g/mol. The molecule has 0 aliphatic carbocycles. The molecule has 1 rings (SSSR count). The highest BCUT2D eigenvalue weighted by atomic mass is 35.5. The van der Waals surface area contributed by atoms with E-state index in [0.717, 1.165) is 0 Å². The highest BCUT2D eigenvalue weighted by Crippen LogP contribution is 2.04. The Morgan fingerprint density at radius 2 is 2.27 bits per heavy atom. The third kappa shape index (κ3) is 3.81. The molecule has 82 valence electrons. The fraction of sp³-hybridized carbons (Fsp3) is 0.444. The quantitative estimate of drug-likeness (QED) is 0.730. The molecule has 0 radical (unpaired) electrons. The third-order valence-corrected chi connectivity index (χ3v) is 1.75. The summed E-state index contributed by atoms with van der Waals surface area (Å²) in [6.45, 7) is 2.07. The van der Waals surface area contributed by atoms with Crippen molar-refractivity contribution >= 4 is 17.6 Å². The van der Waals surface area contributed by atoms with Crippen molar-refractivity contribution in [2.24, 2.45) is 0 Å². The molecule has 0 aromatic carbocycles. The molecule has 0 aliphatic rings. The van der Waals surface area contributed by atoms with E-state index < -0.39 is 5.97 Å². The molecule has 1 atom stereocenters. The number of esters is 1. The van der Waals surface area contributed by atoms with E-state index >= 15 is 0 Å². The summed E-state index contributed by atoms with van der Waals surface area (Å²) in [5.41, 5.74) is 0.127. The van der Waals surface area contributed by atoms with Gasteiger partial charge in [0.2, 0.25) is 0 Å². The molecular formula is C9H11ClN2O3. The van der Waals surface area contributed by atoms with Crippen molar-refractivity contribution < 1.29 is 14.3 Å². The maximum Gasteiger partial charge on any atom is 0.359 e. The summed E-state index contributed by atoms with van der Waals surface area (Å²) in [5, 5.41) is 7.36. The van der Waals surface area contributed by atoms with Crippen LogP contribution in [0.2, 0.25) is 5.15 Å². The lowest BCUT2D eigenvalue weighted by molar-refractivity contribution is 0.0113. The zero-order valence-corrected chi connectivity index (χ0v) is 9.19. The van der Waals surface area contributed by atoms with Gasteiger partial charge < -0.3 is 9.47 Å². The molecule has 1 aromatic heterocycles. The van der Waals surface area contributed by atoms with E-state index in [1.165, 1.54) is 19.2 Å². The van der Waals surface area contributed by atoms with Gasteiger partial charge in [-0.15, -0.1) is 10.2 Å². The second kappa shape index (κ2) is 5.63. The van der Waals surface area contributed by atoms with E-state index in [4.69, 9.17) is 21.1 Å². The molecule has 0 aliphatic heterocycles. The second-order valence-corrected chi connectivity index (χ2v) is 3.30. The summed E-state index contributed by atoms with van der Waals surface area (Å²) >= 11 is 5.53. The van der Waals surface area contributed by atoms with Crippen molar-refractivity contribution in [3.8, 4) is 0 Å². The Morgan fingerprint density at radius 1 is 1.53 bits per heavy atom. The first-order valence-corrected chi connectivity index (χ1v) is 4.70. The molecular weight excluding hydrogens is 220 g/mol. The molecule has 1 aromatic rings. The number of halogens is 1. The zero-order chi connectivity index (χ0) is 11.3. The van der Waals surface area contributed by atoms with Crippen LogP contribution in [0, 0.1) is 0 Å². The number of carbonyl (C=O) groups is 1. The normalized spacial score (nSPS) is 12.2. The van der Waals surface area contributed by atoms with Crippen LogP contribution in [-0.4, -0.2) is 36.0 Å². The summed E-state index contributed by atoms with van der Waals surface area (Å²) in [4.78, 5) is 11.4. The van der Waals surface area contributed by atoms with Gasteiger partial charge in [-0.05, 0) is 19.1 Å². The van der Waals surface area contributed by atoms with Gasteiger partial charge in [0, 0.05) is 7.11 Å². The van der Waals surface area contributed by atoms with Crippen LogP contribution in [0.15, 0.2) is 12.1 Å². The minimum atomic E-state index is -0.538. The maximum absolute atomic E-state index is 11.4. The molecule has 0 bridgehead atoms. The lowest BCUT2D eigenvalue weighted by Crippen LogP contribution is -2.20. The molecule has 5 nitrogen and oxygen atoms in total. The number of ether oxygens (including phenoxy) is 2. The summed E-state index contributed by atoms with van der Waals surface area (Å²) in [7, 11) is 1.53. The number of hydrogen-bond acceptors (Lipinski definition) is 5. The molecule has 1 unspecified atom stereocenters. The number of carbonyl (C=O) groups excluding carboxylic acids is 1. The molecule has 15 heavy (non-hydrogen) atoms. The Balaban J connectivity index is 2.57. The fourth-order valence-electron chi connectivity index (χ4n) is 0.937. The Labute approximate surface area is 92.4 Å². The predicted molar refractivity (Wildman–Crippen MR) is 53.8 cm³/mol. The Hall–Kier alpha value is -1.20. The molecule has 6 heteroatoms. The van der Waals surface area contributed by atoms with Crippen LogP contribution in [0.3, 0.4) is 0 Å². The highest BCUT2D eigenvalue weighted by Gasteiger charge is 2.13. The van der Waals surface area contributed by atoms with E-state index in [2.05, 4.69) is 10.2 Å². The van der Waals surface area contributed by atoms with Crippen molar-refractivity contribution in [1.82, 2.24) is 10.2 Å². The molecule has 0 N–H and O–H groups in total. The van der Waals surface area contributed by atoms with Crippen molar-refractivity contribution in [3.05, 3.63) is 23.0 Å². The van der Waals surface area contributed by atoms with E-state index in [-0.39, 0.29) is 17.0 Å². The van der Waals surface area contributed by atoms with Crippen LogP contribution in [0.25, 0.3) is 0 Å². The van der Waals surface area contributed by atoms with Crippen LogP contribution in [0.1, 0.15) is 17.4 Å². The Kier molecular flexibility index (Phi) is 4.45. The van der Waals surface area contributed by atoms with Crippen molar-refractivity contribution in [2.75, 3.05) is 13.7 Å². The fourth-order valence-corrected chi connectivity index (χ4v) is 1.04. The van der Waals surface area contributed by atoms with Crippen LogP contribution in [0.5, 0.6) is 0 Å². The first kappa shape index (κ1) is 11.9. The SMILES string of the molecule is COCC(C)OC(=O)c1ccc(Cl)nn1. The van der Waals surface area contributed by atoms with Crippen LogP contribution >= 0.6 is 11.6 Å². The van der Waals surface area contributed by atoms with Gasteiger partial charge in [-0.3, -0.25) is 0 Å². The number of aromatic nitrogens is 2. The average molecular weight is 231 g/mol. The topological polar surface area (TPSA) is 61.3 Å². The van der Waals surface area contributed by atoms with E-state index in [1.54, 1.807) is 6.92 Å². The second-order valence-electron chi connectivity index (χ2n) is 2.91. The van der Waals surface area contributed by atoms with Gasteiger partial charge in [0.25, 0.3) is 0 Å². The van der Waals surface area contributed by atoms with Crippen molar-refractivity contribution in [2.45, 2.75) is 13.0 Å². The van der Waals surface area contributed by atoms with E-state index in [9.17, 15) is 4.79 Å².